The lowest BCUT2D eigenvalue weighted by atomic mass is 10.1. The number of nitro groups is 1. The first-order valence-electron chi connectivity index (χ1n) is 7.52. The van der Waals surface area contributed by atoms with Gasteiger partial charge in [-0.25, -0.2) is 0 Å². The number of nitrogens with zero attached hydrogens (tertiary/aromatic N) is 2. The van der Waals surface area contributed by atoms with Crippen LogP contribution >= 0.6 is 0 Å². The van der Waals surface area contributed by atoms with Crippen molar-refractivity contribution in [1.82, 2.24) is 10.3 Å². The van der Waals surface area contributed by atoms with Crippen LogP contribution in [0.4, 0.5) is 5.69 Å². The van der Waals surface area contributed by atoms with Gasteiger partial charge in [-0.1, -0.05) is 17.9 Å². The van der Waals surface area contributed by atoms with E-state index in [4.69, 9.17) is 4.74 Å². The minimum Gasteiger partial charge on any atom is -0.479 e. The van der Waals surface area contributed by atoms with Crippen LogP contribution in [0.1, 0.15) is 21.6 Å². The molecular formula is C18H17N3O4. The lowest BCUT2D eigenvalue weighted by Gasteiger charge is -2.03. The van der Waals surface area contributed by atoms with Crippen molar-refractivity contribution in [3.8, 4) is 17.6 Å². The first kappa shape index (κ1) is 17.9. The molecule has 2 aromatic rings. The van der Waals surface area contributed by atoms with Crippen LogP contribution in [0.3, 0.4) is 0 Å². The molecule has 0 aliphatic carbocycles. The van der Waals surface area contributed by atoms with E-state index in [-0.39, 0.29) is 24.4 Å². The molecule has 0 radical (unpaired) electrons. The molecule has 0 fully saturated rings. The van der Waals surface area contributed by atoms with Crippen LogP contribution in [-0.2, 0) is 0 Å². The van der Waals surface area contributed by atoms with Crippen LogP contribution in [0.25, 0.3) is 0 Å². The van der Waals surface area contributed by atoms with Gasteiger partial charge in [-0.3, -0.25) is 19.9 Å². The lowest BCUT2D eigenvalue weighted by molar-refractivity contribution is -0.385. The molecule has 1 heterocycles. The molecule has 0 unspecified atom stereocenters. The molecule has 0 atom stereocenters. The first-order chi connectivity index (χ1) is 12.0. The number of benzene rings is 1. The fraction of sp³-hybridized carbons (Fsp3) is 0.222. The summed E-state index contributed by atoms with van der Waals surface area (Å²) in [7, 11) is 0. The molecule has 7 nitrogen and oxygen atoms in total. The normalized spacial score (nSPS) is 9.68. The van der Waals surface area contributed by atoms with E-state index in [2.05, 4.69) is 22.1 Å². The van der Waals surface area contributed by atoms with Crippen LogP contribution in [0.15, 0.2) is 36.5 Å². The number of carbonyl (C=O) groups excluding carboxylic acids is 1. The fourth-order valence-electron chi connectivity index (χ4n) is 1.95. The highest BCUT2D eigenvalue weighted by atomic mass is 16.6. The molecule has 0 spiro atoms. The molecule has 128 valence electrons. The summed E-state index contributed by atoms with van der Waals surface area (Å²) in [6, 6.07) is 7.98. The summed E-state index contributed by atoms with van der Waals surface area (Å²) in [5, 5.41) is 13.5. The van der Waals surface area contributed by atoms with Gasteiger partial charge in [-0.15, -0.1) is 0 Å². The van der Waals surface area contributed by atoms with Gasteiger partial charge in [0.2, 0.25) is 0 Å². The summed E-state index contributed by atoms with van der Waals surface area (Å²) < 4.78 is 5.38. The molecule has 0 aliphatic rings. The number of pyridine rings is 1. The molecule has 0 saturated heterocycles. The van der Waals surface area contributed by atoms with E-state index in [0.717, 1.165) is 5.69 Å². The Morgan fingerprint density at radius 3 is 2.76 bits per heavy atom. The highest BCUT2D eigenvalue weighted by molar-refractivity contribution is 5.95. The van der Waals surface area contributed by atoms with Gasteiger partial charge in [0.15, 0.2) is 0 Å². The molecule has 25 heavy (non-hydrogen) atoms. The van der Waals surface area contributed by atoms with Gasteiger partial charge in [0.1, 0.15) is 12.4 Å². The zero-order chi connectivity index (χ0) is 18.2. The van der Waals surface area contributed by atoms with E-state index >= 15 is 0 Å². The molecule has 0 aliphatic heterocycles. The maximum absolute atomic E-state index is 12.0. The summed E-state index contributed by atoms with van der Waals surface area (Å²) in [6.07, 6.45) is 1.61. The van der Waals surface area contributed by atoms with Crippen molar-refractivity contribution >= 4 is 11.6 Å². The average Bonchev–Trinajstić information content (AvgIpc) is 2.59. The molecule has 7 heteroatoms. The van der Waals surface area contributed by atoms with Gasteiger partial charge < -0.3 is 10.1 Å². The Hall–Kier alpha value is -3.40. The summed E-state index contributed by atoms with van der Waals surface area (Å²) in [5.41, 5.74) is 1.54. The molecule has 0 saturated carbocycles. The number of hydrogen-bond donors (Lipinski definition) is 1. The Morgan fingerprint density at radius 2 is 2.08 bits per heavy atom. The van der Waals surface area contributed by atoms with Gasteiger partial charge in [0.25, 0.3) is 11.6 Å². The standard InChI is InChI=1S/C18H17N3O4/c1-13-5-7-15(11-17(13)21(23)24)18(22)19-9-3-4-10-25-16-8-6-14(2)20-12-16/h5-8,11-12H,9-10H2,1-2H3,(H,19,22). The van der Waals surface area contributed by atoms with E-state index in [9.17, 15) is 14.9 Å². The van der Waals surface area contributed by atoms with Crippen molar-refractivity contribution in [3.05, 3.63) is 63.5 Å². The number of amides is 1. The van der Waals surface area contributed by atoms with Gasteiger partial charge in [-0.2, -0.15) is 0 Å². The number of nitrogens with one attached hydrogen (secondary N) is 1. The highest BCUT2D eigenvalue weighted by Crippen LogP contribution is 2.19. The minimum absolute atomic E-state index is 0.0844. The third kappa shape index (κ3) is 5.32. The number of rotatable bonds is 5. The third-order valence-corrected chi connectivity index (χ3v) is 3.33. The molecule has 1 amide bonds. The second-order valence-electron chi connectivity index (χ2n) is 5.22. The predicted molar refractivity (Wildman–Crippen MR) is 92.4 cm³/mol. The van der Waals surface area contributed by atoms with Crippen LogP contribution in [-0.4, -0.2) is 29.0 Å². The second kappa shape index (κ2) is 8.45. The molecule has 1 aromatic carbocycles. The number of hydrogen-bond acceptors (Lipinski definition) is 5. The molecule has 1 aromatic heterocycles. The van der Waals surface area contributed by atoms with Gasteiger partial charge >= 0.3 is 0 Å². The Labute approximate surface area is 145 Å². The zero-order valence-corrected chi connectivity index (χ0v) is 13.9. The quantitative estimate of drug-likeness (QED) is 0.513. The SMILES string of the molecule is Cc1ccc(OCC#CCNC(=O)c2ccc(C)c([N+](=O)[O-])c2)cn1. The van der Waals surface area contributed by atoms with Crippen molar-refractivity contribution in [3.63, 3.8) is 0 Å². The summed E-state index contributed by atoms with van der Waals surface area (Å²) >= 11 is 0. The number of carbonyl (C=O) groups is 1. The monoisotopic (exact) mass is 339 g/mol. The van der Waals surface area contributed by atoms with Crippen LogP contribution in [0, 0.1) is 35.8 Å². The number of ether oxygens (including phenoxy) is 1. The number of nitro benzene ring substituents is 1. The number of aromatic nitrogens is 1. The Balaban J connectivity index is 1.82. The van der Waals surface area contributed by atoms with E-state index in [1.54, 1.807) is 31.3 Å². The van der Waals surface area contributed by atoms with E-state index in [1.807, 2.05) is 13.0 Å². The Kier molecular flexibility index (Phi) is 6.07. The third-order valence-electron chi connectivity index (χ3n) is 3.33. The maximum atomic E-state index is 12.0. The largest absolute Gasteiger partial charge is 0.479 e. The zero-order valence-electron chi connectivity index (χ0n) is 13.9. The summed E-state index contributed by atoms with van der Waals surface area (Å²) in [5.74, 6) is 5.73. The van der Waals surface area contributed by atoms with Crippen molar-refractivity contribution in [2.75, 3.05) is 13.2 Å². The van der Waals surface area contributed by atoms with Gasteiger partial charge in [0.05, 0.1) is 17.7 Å². The molecule has 1 N–H and O–H groups in total. The highest BCUT2D eigenvalue weighted by Gasteiger charge is 2.14. The Bertz CT molecular complexity index is 836. The molecule has 0 bridgehead atoms. The van der Waals surface area contributed by atoms with Crippen molar-refractivity contribution < 1.29 is 14.5 Å². The van der Waals surface area contributed by atoms with Crippen LogP contribution < -0.4 is 10.1 Å². The van der Waals surface area contributed by atoms with Crippen LogP contribution in [0.5, 0.6) is 5.75 Å². The van der Waals surface area contributed by atoms with E-state index in [0.29, 0.717) is 11.3 Å². The van der Waals surface area contributed by atoms with E-state index in [1.165, 1.54) is 6.07 Å². The molecular weight excluding hydrogens is 322 g/mol. The van der Waals surface area contributed by atoms with E-state index < -0.39 is 10.8 Å². The minimum atomic E-state index is -0.511. The second-order valence-corrected chi connectivity index (χ2v) is 5.22. The first-order valence-corrected chi connectivity index (χ1v) is 7.52. The Morgan fingerprint density at radius 1 is 1.28 bits per heavy atom. The fourth-order valence-corrected chi connectivity index (χ4v) is 1.95. The van der Waals surface area contributed by atoms with Crippen molar-refractivity contribution in [1.29, 1.82) is 0 Å². The van der Waals surface area contributed by atoms with Crippen LogP contribution in [0.2, 0.25) is 0 Å². The average molecular weight is 339 g/mol. The summed E-state index contributed by atoms with van der Waals surface area (Å²) in [4.78, 5) is 26.5. The smallest absolute Gasteiger partial charge is 0.273 e. The van der Waals surface area contributed by atoms with Gasteiger partial charge in [-0.05, 0) is 32.0 Å². The maximum Gasteiger partial charge on any atom is 0.273 e. The van der Waals surface area contributed by atoms with Gasteiger partial charge in [0, 0.05) is 22.9 Å². The predicted octanol–water partition coefficient (Wildman–Crippen LogP) is 2.42. The van der Waals surface area contributed by atoms with Crippen molar-refractivity contribution in [2.24, 2.45) is 0 Å². The lowest BCUT2D eigenvalue weighted by Crippen LogP contribution is -2.23. The molecule has 2 rings (SSSR count). The summed E-state index contributed by atoms with van der Waals surface area (Å²) in [6.45, 7) is 3.80. The van der Waals surface area contributed by atoms with Crippen molar-refractivity contribution in [2.45, 2.75) is 13.8 Å². The topological polar surface area (TPSA) is 94.4 Å². The number of aryl methyl sites for hydroxylation is 2.